The number of aliphatic hydroxyl groups excluding tert-OH is 1. The average Bonchev–Trinajstić information content (AvgIpc) is 1.98. The molecule has 2 rings (SSSR count). The number of Topliss-reactive ketones (excluding diaryl/α,β-unsaturated/α-hetero) is 1. The van der Waals surface area contributed by atoms with E-state index in [0.717, 1.165) is 12.8 Å². The van der Waals surface area contributed by atoms with Crippen LogP contribution in [0.1, 0.15) is 12.8 Å². The van der Waals surface area contributed by atoms with E-state index in [1.165, 1.54) is 0 Å². The molecule has 0 spiro atoms. The summed E-state index contributed by atoms with van der Waals surface area (Å²) in [4.78, 5) is 11.4. The van der Waals surface area contributed by atoms with E-state index in [0.29, 0.717) is 13.2 Å². The van der Waals surface area contributed by atoms with Crippen LogP contribution in [0, 0.1) is 11.8 Å². The summed E-state index contributed by atoms with van der Waals surface area (Å²) in [7, 11) is 0. The maximum atomic E-state index is 11.4. The van der Waals surface area contributed by atoms with E-state index in [1.807, 2.05) is 0 Å². The first-order valence-electron chi connectivity index (χ1n) is 4.08. The van der Waals surface area contributed by atoms with Crippen molar-refractivity contribution in [2.45, 2.75) is 18.9 Å². The van der Waals surface area contributed by atoms with Crippen LogP contribution in [0.4, 0.5) is 0 Å². The third kappa shape index (κ3) is 1.08. The highest BCUT2D eigenvalue weighted by Crippen LogP contribution is 2.30. The first kappa shape index (κ1) is 7.25. The number of hydrogen-bond donors (Lipinski definition) is 1. The van der Waals surface area contributed by atoms with Gasteiger partial charge in [-0.3, -0.25) is 4.79 Å². The molecule has 3 nitrogen and oxygen atoms in total. The number of fused-ring (bicyclic) bond motifs is 2. The third-order valence-corrected chi connectivity index (χ3v) is 2.66. The second-order valence-electron chi connectivity index (χ2n) is 3.39. The molecule has 2 aliphatic rings. The number of hydrogen-bond acceptors (Lipinski definition) is 3. The smallest absolute Gasteiger partial charge is 0.146 e. The van der Waals surface area contributed by atoms with Crippen molar-refractivity contribution in [1.29, 1.82) is 0 Å². The van der Waals surface area contributed by atoms with Crippen LogP contribution in [0.2, 0.25) is 0 Å². The predicted octanol–water partition coefficient (Wildman–Crippen LogP) is -0.0272. The van der Waals surface area contributed by atoms with E-state index in [1.54, 1.807) is 0 Å². The Bertz CT molecular complexity index is 178. The lowest BCUT2D eigenvalue weighted by Gasteiger charge is -2.35. The van der Waals surface area contributed by atoms with Gasteiger partial charge in [-0.2, -0.15) is 0 Å². The molecule has 1 heterocycles. The van der Waals surface area contributed by atoms with E-state index in [4.69, 9.17) is 4.74 Å². The Morgan fingerprint density at radius 3 is 2.91 bits per heavy atom. The zero-order valence-electron chi connectivity index (χ0n) is 6.32. The summed E-state index contributed by atoms with van der Waals surface area (Å²) in [5.74, 6) is 0.0784. The van der Waals surface area contributed by atoms with E-state index >= 15 is 0 Å². The molecule has 0 aromatic rings. The lowest BCUT2D eigenvalue weighted by Crippen LogP contribution is -2.46. The van der Waals surface area contributed by atoms with Crippen molar-refractivity contribution in [2.75, 3.05) is 13.2 Å². The largest absolute Gasteiger partial charge is 0.392 e. The Kier molecular flexibility index (Phi) is 1.69. The zero-order chi connectivity index (χ0) is 7.84. The minimum atomic E-state index is -0.445. The molecule has 2 fully saturated rings. The highest BCUT2D eigenvalue weighted by molar-refractivity contribution is 5.85. The fraction of sp³-hybridized carbons (Fsp3) is 0.875. The maximum Gasteiger partial charge on any atom is 0.146 e. The summed E-state index contributed by atoms with van der Waals surface area (Å²) in [5, 5.41) is 9.39. The minimum Gasteiger partial charge on any atom is -0.392 e. The van der Waals surface area contributed by atoms with Crippen molar-refractivity contribution in [3.8, 4) is 0 Å². The Hall–Kier alpha value is -0.410. The molecule has 0 aromatic carbocycles. The molecule has 62 valence electrons. The van der Waals surface area contributed by atoms with Crippen LogP contribution >= 0.6 is 0 Å². The molecular formula is C8H12O3. The summed E-state index contributed by atoms with van der Waals surface area (Å²) in [6.07, 6.45) is 1.13. The van der Waals surface area contributed by atoms with Gasteiger partial charge in [-0.05, 0) is 12.8 Å². The molecule has 1 saturated carbocycles. The maximum absolute atomic E-state index is 11.4. The lowest BCUT2D eigenvalue weighted by molar-refractivity contribution is -0.149. The first-order chi connectivity index (χ1) is 5.29. The van der Waals surface area contributed by atoms with Crippen molar-refractivity contribution >= 4 is 5.78 Å². The summed E-state index contributed by atoms with van der Waals surface area (Å²) < 4.78 is 5.20. The number of carbonyl (C=O) groups excluding carboxylic acids is 1. The molecule has 3 atom stereocenters. The molecule has 0 radical (unpaired) electrons. The van der Waals surface area contributed by atoms with Gasteiger partial charge in [-0.25, -0.2) is 0 Å². The van der Waals surface area contributed by atoms with Gasteiger partial charge in [-0.15, -0.1) is 0 Å². The fourth-order valence-electron chi connectivity index (χ4n) is 1.90. The molecule has 11 heavy (non-hydrogen) atoms. The Morgan fingerprint density at radius 2 is 2.18 bits per heavy atom. The van der Waals surface area contributed by atoms with Gasteiger partial charge in [0.1, 0.15) is 5.78 Å². The SMILES string of the molecule is O=C1[C@H]2CC[C@@H](O)[C@H]1COC2. The van der Waals surface area contributed by atoms with Gasteiger partial charge in [0.05, 0.1) is 25.2 Å². The molecule has 3 heteroatoms. The van der Waals surface area contributed by atoms with Gasteiger partial charge in [0.2, 0.25) is 0 Å². The Morgan fingerprint density at radius 1 is 1.36 bits per heavy atom. The van der Waals surface area contributed by atoms with Crippen molar-refractivity contribution < 1.29 is 14.6 Å². The zero-order valence-corrected chi connectivity index (χ0v) is 6.32. The van der Waals surface area contributed by atoms with E-state index in [-0.39, 0.29) is 17.6 Å². The Balaban J connectivity index is 2.16. The molecule has 0 aromatic heterocycles. The molecule has 1 aliphatic heterocycles. The van der Waals surface area contributed by atoms with Crippen LogP contribution in [0.25, 0.3) is 0 Å². The van der Waals surface area contributed by atoms with Crippen molar-refractivity contribution in [3.05, 3.63) is 0 Å². The number of ether oxygens (including phenoxy) is 1. The molecule has 2 bridgehead atoms. The number of ketones is 1. The second-order valence-corrected chi connectivity index (χ2v) is 3.39. The molecule has 0 unspecified atom stereocenters. The van der Waals surface area contributed by atoms with Crippen LogP contribution < -0.4 is 0 Å². The van der Waals surface area contributed by atoms with Crippen LogP contribution in [0.3, 0.4) is 0 Å². The standard InChI is InChI=1S/C8H12O3/c9-7-2-1-5-3-11-4-6(7)8(5)10/h5-7,9H,1-4H2/t5-,6+,7+/m0/s1. The highest BCUT2D eigenvalue weighted by atomic mass is 16.5. The van der Waals surface area contributed by atoms with Gasteiger partial charge in [0.25, 0.3) is 0 Å². The van der Waals surface area contributed by atoms with E-state index < -0.39 is 6.10 Å². The molecule has 1 saturated heterocycles. The van der Waals surface area contributed by atoms with Gasteiger partial charge in [0.15, 0.2) is 0 Å². The highest BCUT2D eigenvalue weighted by Gasteiger charge is 2.40. The van der Waals surface area contributed by atoms with Crippen molar-refractivity contribution in [2.24, 2.45) is 11.8 Å². The van der Waals surface area contributed by atoms with Crippen molar-refractivity contribution in [1.82, 2.24) is 0 Å². The van der Waals surface area contributed by atoms with Gasteiger partial charge in [-0.1, -0.05) is 0 Å². The first-order valence-corrected chi connectivity index (χ1v) is 4.08. The molecule has 1 aliphatic carbocycles. The van der Waals surface area contributed by atoms with E-state index in [2.05, 4.69) is 0 Å². The molecule has 1 N–H and O–H groups in total. The summed E-state index contributed by atoms with van der Waals surface area (Å²) in [6.45, 7) is 0.999. The van der Waals surface area contributed by atoms with Gasteiger partial charge < -0.3 is 9.84 Å². The molecule has 0 amide bonds. The van der Waals surface area contributed by atoms with Crippen LogP contribution in [0.15, 0.2) is 0 Å². The average molecular weight is 156 g/mol. The number of aliphatic hydroxyl groups is 1. The topological polar surface area (TPSA) is 46.5 Å². The second kappa shape index (κ2) is 2.57. The van der Waals surface area contributed by atoms with Gasteiger partial charge in [0, 0.05) is 5.92 Å². The van der Waals surface area contributed by atoms with Crippen molar-refractivity contribution in [3.63, 3.8) is 0 Å². The van der Waals surface area contributed by atoms with E-state index in [9.17, 15) is 9.90 Å². The predicted molar refractivity (Wildman–Crippen MR) is 38.0 cm³/mol. The fourth-order valence-corrected chi connectivity index (χ4v) is 1.90. The van der Waals surface area contributed by atoms with Crippen LogP contribution in [0.5, 0.6) is 0 Å². The molecular weight excluding hydrogens is 144 g/mol. The summed E-state index contributed by atoms with van der Waals surface area (Å²) >= 11 is 0. The van der Waals surface area contributed by atoms with Crippen LogP contribution in [-0.4, -0.2) is 30.2 Å². The number of carbonyl (C=O) groups is 1. The monoisotopic (exact) mass is 156 g/mol. The lowest BCUT2D eigenvalue weighted by atomic mass is 9.77. The van der Waals surface area contributed by atoms with Crippen LogP contribution in [-0.2, 0) is 9.53 Å². The number of rotatable bonds is 0. The van der Waals surface area contributed by atoms with Gasteiger partial charge >= 0.3 is 0 Å². The normalized spacial score (nSPS) is 44.1. The Labute approximate surface area is 65.4 Å². The summed E-state index contributed by atoms with van der Waals surface area (Å²) in [5.41, 5.74) is 0. The third-order valence-electron chi connectivity index (χ3n) is 2.66. The quantitative estimate of drug-likeness (QED) is 0.536. The minimum absolute atomic E-state index is 0.0807. The summed E-state index contributed by atoms with van der Waals surface area (Å²) in [6, 6.07) is 0.